The molecule has 2 fully saturated rings. The lowest BCUT2D eigenvalue weighted by Gasteiger charge is -2.25. The van der Waals surface area contributed by atoms with Crippen molar-refractivity contribution in [3.8, 4) is 0 Å². The number of nitrogens with zero attached hydrogens (tertiary/aromatic N) is 2. The van der Waals surface area contributed by atoms with Crippen LogP contribution < -0.4 is 4.90 Å². The number of thioether (sulfide) groups is 1. The predicted molar refractivity (Wildman–Crippen MR) is 99.7 cm³/mol. The second-order valence-corrected chi connectivity index (χ2v) is 9.97. The summed E-state index contributed by atoms with van der Waals surface area (Å²) < 4.78 is 63.2. The summed E-state index contributed by atoms with van der Waals surface area (Å²) in [7, 11) is -3.28. The van der Waals surface area contributed by atoms with Crippen molar-refractivity contribution in [3.05, 3.63) is 29.8 Å². The number of anilines is 1. The van der Waals surface area contributed by atoms with E-state index in [0.29, 0.717) is 6.42 Å². The Kier molecular flexibility index (Phi) is 5.58. The third kappa shape index (κ3) is 4.48. The molecule has 1 aromatic rings. The van der Waals surface area contributed by atoms with Crippen molar-refractivity contribution in [2.75, 3.05) is 16.4 Å². The van der Waals surface area contributed by atoms with Crippen LogP contribution in [0.15, 0.2) is 29.3 Å². The van der Waals surface area contributed by atoms with Gasteiger partial charge in [0.2, 0.25) is 5.91 Å². The molecule has 148 valence electrons. The Bertz CT molecular complexity index is 868. The number of alkyl halides is 3. The van der Waals surface area contributed by atoms with E-state index in [-0.39, 0.29) is 39.9 Å². The van der Waals surface area contributed by atoms with E-state index in [1.54, 1.807) is 0 Å². The molecule has 27 heavy (non-hydrogen) atoms. The highest BCUT2D eigenvalue weighted by Crippen LogP contribution is 2.42. The SMILES string of the molecule is CCCCC(=O)N=C1S[C@H]2CS(=O)(=O)C[C@@H]2N1c1cccc(C(F)(F)F)c1. The fourth-order valence-corrected chi connectivity index (χ4v) is 7.12. The first-order valence-corrected chi connectivity index (χ1v) is 11.3. The van der Waals surface area contributed by atoms with Crippen LogP contribution in [0.25, 0.3) is 0 Å². The lowest BCUT2D eigenvalue weighted by Crippen LogP contribution is -2.37. The summed E-state index contributed by atoms with van der Waals surface area (Å²) in [6.45, 7) is 1.94. The second-order valence-electron chi connectivity index (χ2n) is 6.61. The molecule has 2 saturated heterocycles. The van der Waals surface area contributed by atoms with Crippen LogP contribution in [-0.2, 0) is 20.8 Å². The van der Waals surface area contributed by atoms with Gasteiger partial charge in [-0.15, -0.1) is 0 Å². The molecule has 2 aliphatic heterocycles. The lowest BCUT2D eigenvalue weighted by molar-refractivity contribution is -0.137. The quantitative estimate of drug-likeness (QED) is 0.746. The van der Waals surface area contributed by atoms with Gasteiger partial charge < -0.3 is 4.90 Å². The molecular weight excluding hydrogens is 401 g/mol. The zero-order valence-electron chi connectivity index (χ0n) is 14.6. The molecular formula is C17H19F3N2O3S2. The normalized spacial score (nSPS) is 25.8. The molecule has 0 aliphatic carbocycles. The zero-order valence-corrected chi connectivity index (χ0v) is 16.2. The maximum absolute atomic E-state index is 13.1. The Labute approximate surface area is 159 Å². The number of rotatable bonds is 4. The third-order valence-corrected chi connectivity index (χ3v) is 7.69. The van der Waals surface area contributed by atoms with Gasteiger partial charge >= 0.3 is 6.18 Å². The summed E-state index contributed by atoms with van der Waals surface area (Å²) in [6, 6.07) is 4.16. The Morgan fingerprint density at radius 2 is 2.07 bits per heavy atom. The summed E-state index contributed by atoms with van der Waals surface area (Å²) in [5, 5.41) is -0.0670. The minimum absolute atomic E-state index is 0.0695. The number of amidine groups is 1. The number of fused-ring (bicyclic) bond motifs is 1. The number of sulfone groups is 1. The van der Waals surface area contributed by atoms with Crippen LogP contribution in [-0.4, -0.2) is 42.3 Å². The van der Waals surface area contributed by atoms with Crippen molar-refractivity contribution < 1.29 is 26.4 Å². The largest absolute Gasteiger partial charge is 0.416 e. The summed E-state index contributed by atoms with van der Waals surface area (Å²) >= 11 is 1.16. The van der Waals surface area contributed by atoms with Gasteiger partial charge in [-0.05, 0) is 24.6 Å². The molecule has 0 aromatic heterocycles. The van der Waals surface area contributed by atoms with Crippen molar-refractivity contribution in [1.82, 2.24) is 0 Å². The molecule has 2 aliphatic rings. The Balaban J connectivity index is 1.98. The van der Waals surface area contributed by atoms with Crippen molar-refractivity contribution >= 4 is 38.4 Å². The van der Waals surface area contributed by atoms with Gasteiger partial charge in [-0.25, -0.2) is 8.42 Å². The van der Waals surface area contributed by atoms with Gasteiger partial charge in [0.25, 0.3) is 0 Å². The van der Waals surface area contributed by atoms with Crippen LogP contribution >= 0.6 is 11.8 Å². The highest BCUT2D eigenvalue weighted by atomic mass is 32.2. The lowest BCUT2D eigenvalue weighted by atomic mass is 10.1. The molecule has 0 N–H and O–H groups in total. The number of hydrogen-bond donors (Lipinski definition) is 0. The molecule has 5 nitrogen and oxygen atoms in total. The highest BCUT2D eigenvalue weighted by Gasteiger charge is 2.49. The van der Waals surface area contributed by atoms with Crippen LogP contribution in [0, 0.1) is 0 Å². The number of halogens is 3. The van der Waals surface area contributed by atoms with Crippen molar-refractivity contribution in [2.24, 2.45) is 4.99 Å². The number of carbonyl (C=O) groups is 1. The van der Waals surface area contributed by atoms with E-state index in [1.807, 2.05) is 6.92 Å². The zero-order chi connectivity index (χ0) is 19.8. The van der Waals surface area contributed by atoms with E-state index in [0.717, 1.165) is 30.3 Å². The Morgan fingerprint density at radius 1 is 1.33 bits per heavy atom. The minimum Gasteiger partial charge on any atom is -0.316 e. The van der Waals surface area contributed by atoms with Crippen molar-refractivity contribution in [3.63, 3.8) is 0 Å². The molecule has 0 bridgehead atoms. The molecule has 0 saturated carbocycles. The van der Waals surface area contributed by atoms with E-state index in [2.05, 4.69) is 4.99 Å². The summed E-state index contributed by atoms with van der Waals surface area (Å²) in [5.41, 5.74) is -0.630. The molecule has 2 atom stereocenters. The second kappa shape index (κ2) is 7.46. The van der Waals surface area contributed by atoms with Crippen LogP contribution in [0.4, 0.5) is 18.9 Å². The molecule has 1 aromatic carbocycles. The van der Waals surface area contributed by atoms with E-state index in [4.69, 9.17) is 0 Å². The fourth-order valence-electron chi connectivity index (χ4n) is 3.19. The van der Waals surface area contributed by atoms with E-state index >= 15 is 0 Å². The number of hydrogen-bond acceptors (Lipinski definition) is 4. The standard InChI is InChI=1S/C17H19F3N2O3S2/c1-2-3-7-15(23)21-16-22(13-9-27(24,25)10-14(13)26-16)12-6-4-5-11(8-12)17(18,19)20/h4-6,8,13-14H,2-3,7,9-10H2,1H3/t13-,14-/m0/s1. The smallest absolute Gasteiger partial charge is 0.316 e. The van der Waals surface area contributed by atoms with Crippen LogP contribution in [0.3, 0.4) is 0 Å². The van der Waals surface area contributed by atoms with Crippen molar-refractivity contribution in [1.29, 1.82) is 0 Å². The van der Waals surface area contributed by atoms with Gasteiger partial charge in [0.15, 0.2) is 15.0 Å². The maximum Gasteiger partial charge on any atom is 0.416 e. The first kappa shape index (κ1) is 20.2. The molecule has 0 radical (unpaired) electrons. The number of unbranched alkanes of at least 4 members (excludes halogenated alkanes) is 1. The van der Waals surface area contributed by atoms with Gasteiger partial charge in [0.05, 0.1) is 23.1 Å². The van der Waals surface area contributed by atoms with Gasteiger partial charge in [0, 0.05) is 17.4 Å². The molecule has 1 amide bonds. The summed E-state index contributed by atoms with van der Waals surface area (Å²) in [6.07, 6.45) is -2.77. The average Bonchev–Trinajstić information content (AvgIpc) is 3.03. The topological polar surface area (TPSA) is 66.8 Å². The first-order valence-electron chi connectivity index (χ1n) is 8.56. The van der Waals surface area contributed by atoms with E-state index in [1.165, 1.54) is 17.0 Å². The molecule has 3 rings (SSSR count). The van der Waals surface area contributed by atoms with Gasteiger partial charge in [-0.3, -0.25) is 4.79 Å². The van der Waals surface area contributed by atoms with Crippen LogP contribution in [0.5, 0.6) is 0 Å². The number of amides is 1. The maximum atomic E-state index is 13.1. The van der Waals surface area contributed by atoms with Crippen LogP contribution in [0.1, 0.15) is 31.7 Å². The number of aliphatic imine (C=N–C) groups is 1. The molecule has 0 spiro atoms. The minimum atomic E-state index is -4.52. The highest BCUT2D eigenvalue weighted by molar-refractivity contribution is 8.16. The predicted octanol–water partition coefficient (Wildman–Crippen LogP) is 3.50. The van der Waals surface area contributed by atoms with Crippen LogP contribution in [0.2, 0.25) is 0 Å². The Morgan fingerprint density at radius 3 is 2.74 bits per heavy atom. The van der Waals surface area contributed by atoms with Gasteiger partial charge in [0.1, 0.15) is 0 Å². The van der Waals surface area contributed by atoms with Gasteiger partial charge in [-0.1, -0.05) is 31.2 Å². The number of benzene rings is 1. The van der Waals surface area contributed by atoms with E-state index < -0.39 is 27.6 Å². The average molecular weight is 420 g/mol. The van der Waals surface area contributed by atoms with Crippen molar-refractivity contribution in [2.45, 2.75) is 43.7 Å². The molecule has 0 unspecified atom stereocenters. The third-order valence-electron chi connectivity index (χ3n) is 4.48. The Hall–Kier alpha value is -1.55. The summed E-state index contributed by atoms with van der Waals surface area (Å²) in [4.78, 5) is 17.7. The monoisotopic (exact) mass is 420 g/mol. The summed E-state index contributed by atoms with van der Waals surface area (Å²) in [5.74, 6) is -0.581. The molecule has 10 heteroatoms. The van der Waals surface area contributed by atoms with E-state index in [9.17, 15) is 26.4 Å². The van der Waals surface area contributed by atoms with Gasteiger partial charge in [-0.2, -0.15) is 18.2 Å². The number of carbonyl (C=O) groups excluding carboxylic acids is 1. The molecule has 2 heterocycles. The fraction of sp³-hybridized carbons (Fsp3) is 0.529. The first-order chi connectivity index (χ1) is 12.6.